The lowest BCUT2D eigenvalue weighted by Crippen LogP contribution is -2.57. The van der Waals surface area contributed by atoms with Crippen LogP contribution in [0.15, 0.2) is 36.4 Å². The predicted molar refractivity (Wildman–Crippen MR) is 137 cm³/mol. The minimum Gasteiger partial charge on any atom is -0.454 e. The average Bonchev–Trinajstić information content (AvgIpc) is 3.71. The number of nitrogens with one attached hydrogen (secondary N) is 1. The van der Waals surface area contributed by atoms with E-state index >= 15 is 0 Å². The van der Waals surface area contributed by atoms with Crippen LogP contribution < -0.4 is 10.1 Å². The third-order valence-corrected chi connectivity index (χ3v) is 7.74. The molecule has 2 aromatic carbocycles. The lowest BCUT2D eigenvalue weighted by Gasteiger charge is -2.41. The van der Waals surface area contributed by atoms with Gasteiger partial charge in [-0.05, 0) is 80.3 Å². The molecule has 2 aromatic rings. The molecule has 8 heteroatoms. The van der Waals surface area contributed by atoms with Crippen LogP contribution in [0.4, 0.5) is 8.78 Å². The minimum absolute atomic E-state index is 0.00762. The van der Waals surface area contributed by atoms with Crippen LogP contribution in [0.3, 0.4) is 0 Å². The van der Waals surface area contributed by atoms with E-state index < -0.39 is 17.7 Å². The Kier molecular flexibility index (Phi) is 7.47. The van der Waals surface area contributed by atoms with Crippen molar-refractivity contribution >= 4 is 11.8 Å². The molecule has 37 heavy (non-hydrogen) atoms. The molecular weight excluding hydrogens is 476 g/mol. The van der Waals surface area contributed by atoms with Crippen LogP contribution in [0, 0.1) is 23.5 Å². The second-order valence-electron chi connectivity index (χ2n) is 10.9. The van der Waals surface area contributed by atoms with Gasteiger partial charge in [-0.15, -0.1) is 0 Å². The number of halogens is 2. The number of ether oxygens (including phenoxy) is 1. The molecule has 3 aliphatic rings. The van der Waals surface area contributed by atoms with Crippen LogP contribution in [0.5, 0.6) is 11.5 Å². The fraction of sp³-hybridized carbons (Fsp3) is 0.517. The second kappa shape index (κ2) is 10.8. The number of fused-ring (bicyclic) bond motifs is 1. The number of carbonyl (C=O) groups excluding carboxylic acids is 2. The fourth-order valence-corrected chi connectivity index (χ4v) is 5.41. The average molecular weight is 512 g/mol. The van der Waals surface area contributed by atoms with Crippen LogP contribution in [0.1, 0.15) is 55.5 Å². The van der Waals surface area contributed by atoms with E-state index in [2.05, 4.69) is 5.32 Å². The number of amides is 2. The van der Waals surface area contributed by atoms with Crippen molar-refractivity contribution in [3.63, 3.8) is 0 Å². The van der Waals surface area contributed by atoms with Crippen molar-refractivity contribution in [2.45, 2.75) is 58.0 Å². The van der Waals surface area contributed by atoms with E-state index in [9.17, 15) is 18.4 Å². The summed E-state index contributed by atoms with van der Waals surface area (Å²) in [5, 5.41) is 3.65. The van der Waals surface area contributed by atoms with Crippen molar-refractivity contribution in [1.29, 1.82) is 0 Å². The summed E-state index contributed by atoms with van der Waals surface area (Å²) in [4.78, 5) is 30.9. The topological polar surface area (TPSA) is 61.9 Å². The smallest absolute Gasteiger partial charge is 0.254 e. The first kappa shape index (κ1) is 25.6. The number of piperidine rings is 1. The van der Waals surface area contributed by atoms with E-state index in [0.29, 0.717) is 37.7 Å². The van der Waals surface area contributed by atoms with Crippen molar-refractivity contribution < 1.29 is 23.1 Å². The van der Waals surface area contributed by atoms with Gasteiger partial charge in [-0.1, -0.05) is 19.9 Å². The van der Waals surface area contributed by atoms with Gasteiger partial charge in [0.25, 0.3) is 5.91 Å². The molecule has 198 valence electrons. The monoisotopic (exact) mass is 511 g/mol. The Bertz CT molecular complexity index is 1160. The van der Waals surface area contributed by atoms with Crippen LogP contribution in [-0.4, -0.2) is 59.9 Å². The Morgan fingerprint density at radius 1 is 1.05 bits per heavy atom. The molecular formula is C29H35F2N3O3. The zero-order chi connectivity index (χ0) is 26.1. The fourth-order valence-electron chi connectivity index (χ4n) is 5.41. The van der Waals surface area contributed by atoms with Crippen LogP contribution in [0.2, 0.25) is 0 Å². The van der Waals surface area contributed by atoms with Gasteiger partial charge in [-0.3, -0.25) is 9.59 Å². The molecule has 2 amide bonds. The highest BCUT2D eigenvalue weighted by Gasteiger charge is 2.39. The summed E-state index contributed by atoms with van der Waals surface area (Å²) in [6, 6.07) is 8.07. The van der Waals surface area contributed by atoms with Gasteiger partial charge in [-0.2, -0.15) is 0 Å². The number of hydrogen-bond donors (Lipinski definition) is 1. The number of likely N-dealkylation sites (tertiary alicyclic amines) is 1. The van der Waals surface area contributed by atoms with Gasteiger partial charge in [0.15, 0.2) is 11.6 Å². The quantitative estimate of drug-likeness (QED) is 0.555. The molecule has 5 rings (SSSR count). The number of benzene rings is 2. The van der Waals surface area contributed by atoms with Crippen molar-refractivity contribution in [2.75, 3.05) is 26.2 Å². The molecule has 2 aliphatic heterocycles. The summed E-state index contributed by atoms with van der Waals surface area (Å²) in [6.07, 6.45) is 5.13. The standard InChI is InChI=1S/C29H35F2N3O3/c1-18(2)27(29(36)33-12-10-22(11-13-33)32-17-19-3-4-19)34-14-9-20-5-7-23(16-24(20)28(34)35)37-26-8-6-21(30)15-25(26)31/h5-8,15-16,18-19,22,27,32H,3-4,9-14,17H2,1-2H3. The number of carbonyl (C=O) groups is 2. The molecule has 1 aliphatic carbocycles. The Balaban J connectivity index is 1.28. The van der Waals surface area contributed by atoms with Crippen molar-refractivity contribution in [3.8, 4) is 11.5 Å². The Morgan fingerprint density at radius 2 is 1.81 bits per heavy atom. The highest BCUT2D eigenvalue weighted by molar-refractivity contribution is 6.00. The molecule has 6 nitrogen and oxygen atoms in total. The summed E-state index contributed by atoms with van der Waals surface area (Å²) < 4.78 is 33.0. The van der Waals surface area contributed by atoms with Gasteiger partial charge in [0, 0.05) is 37.3 Å². The number of rotatable bonds is 8. The van der Waals surface area contributed by atoms with E-state index in [-0.39, 0.29) is 29.2 Å². The lowest BCUT2D eigenvalue weighted by molar-refractivity contribution is -0.139. The van der Waals surface area contributed by atoms with Crippen LogP contribution >= 0.6 is 0 Å². The number of hydrogen-bond acceptors (Lipinski definition) is 4. The molecule has 0 aromatic heterocycles. The molecule has 0 bridgehead atoms. The first-order valence-corrected chi connectivity index (χ1v) is 13.4. The van der Waals surface area contributed by atoms with Crippen molar-refractivity contribution in [2.24, 2.45) is 11.8 Å². The summed E-state index contributed by atoms with van der Waals surface area (Å²) in [5.74, 6) is -0.770. The summed E-state index contributed by atoms with van der Waals surface area (Å²) >= 11 is 0. The minimum atomic E-state index is -0.817. The van der Waals surface area contributed by atoms with E-state index in [0.717, 1.165) is 43.0 Å². The molecule has 0 spiro atoms. The second-order valence-corrected chi connectivity index (χ2v) is 10.9. The third-order valence-electron chi connectivity index (χ3n) is 7.74. The Hall–Kier alpha value is -3.00. The summed E-state index contributed by atoms with van der Waals surface area (Å²) in [6.45, 7) is 6.90. The molecule has 2 heterocycles. The molecule has 1 saturated heterocycles. The number of nitrogens with zero attached hydrogens (tertiary/aromatic N) is 2. The SMILES string of the molecule is CC(C)C(C(=O)N1CCC(NCC2CC2)CC1)N1CCc2ccc(Oc3ccc(F)cc3F)cc2C1=O. The Labute approximate surface area is 217 Å². The first-order chi connectivity index (χ1) is 17.8. The zero-order valence-corrected chi connectivity index (χ0v) is 21.5. The maximum Gasteiger partial charge on any atom is 0.254 e. The largest absolute Gasteiger partial charge is 0.454 e. The molecule has 0 radical (unpaired) electrons. The maximum atomic E-state index is 14.1. The Morgan fingerprint density at radius 3 is 2.49 bits per heavy atom. The van der Waals surface area contributed by atoms with Gasteiger partial charge >= 0.3 is 0 Å². The van der Waals surface area contributed by atoms with Gasteiger partial charge in [0.1, 0.15) is 17.6 Å². The van der Waals surface area contributed by atoms with Gasteiger partial charge in [0.2, 0.25) is 5.91 Å². The van der Waals surface area contributed by atoms with E-state index in [1.165, 1.54) is 18.9 Å². The first-order valence-electron chi connectivity index (χ1n) is 13.4. The van der Waals surface area contributed by atoms with E-state index in [4.69, 9.17) is 4.74 Å². The lowest BCUT2D eigenvalue weighted by atomic mass is 9.92. The van der Waals surface area contributed by atoms with Crippen LogP contribution in [-0.2, 0) is 11.2 Å². The van der Waals surface area contributed by atoms with Gasteiger partial charge < -0.3 is 19.9 Å². The summed E-state index contributed by atoms with van der Waals surface area (Å²) in [7, 11) is 0. The van der Waals surface area contributed by atoms with E-state index in [1.54, 1.807) is 23.1 Å². The molecule has 2 fully saturated rings. The van der Waals surface area contributed by atoms with Crippen LogP contribution in [0.25, 0.3) is 0 Å². The van der Waals surface area contributed by atoms with Crippen molar-refractivity contribution in [3.05, 3.63) is 59.2 Å². The van der Waals surface area contributed by atoms with E-state index in [1.807, 2.05) is 18.7 Å². The van der Waals surface area contributed by atoms with Gasteiger partial charge in [-0.25, -0.2) is 8.78 Å². The predicted octanol–water partition coefficient (Wildman–Crippen LogP) is 4.77. The highest BCUT2D eigenvalue weighted by atomic mass is 19.1. The van der Waals surface area contributed by atoms with Gasteiger partial charge in [0.05, 0.1) is 0 Å². The normalized spacial score (nSPS) is 19.2. The maximum absolute atomic E-state index is 14.1. The molecule has 1 saturated carbocycles. The molecule has 1 atom stereocenters. The van der Waals surface area contributed by atoms with Crippen molar-refractivity contribution in [1.82, 2.24) is 15.1 Å². The zero-order valence-electron chi connectivity index (χ0n) is 21.5. The third kappa shape index (κ3) is 5.79. The molecule has 1 N–H and O–H groups in total. The molecule has 1 unspecified atom stereocenters. The highest BCUT2D eigenvalue weighted by Crippen LogP contribution is 2.31. The summed E-state index contributed by atoms with van der Waals surface area (Å²) in [5.41, 5.74) is 1.32.